The van der Waals surface area contributed by atoms with E-state index in [1.807, 2.05) is 13.8 Å². The lowest BCUT2D eigenvalue weighted by Gasteiger charge is -2.22. The third-order valence-corrected chi connectivity index (χ3v) is 3.28. The van der Waals surface area contributed by atoms with Crippen LogP contribution >= 0.6 is 11.6 Å². The maximum atomic E-state index is 12.1. The highest BCUT2D eigenvalue weighted by molar-refractivity contribution is 6.29. The first-order chi connectivity index (χ1) is 9.06. The summed E-state index contributed by atoms with van der Waals surface area (Å²) in [5.41, 5.74) is 1.27. The van der Waals surface area contributed by atoms with E-state index in [1.54, 1.807) is 12.1 Å². The number of carbonyl (C=O) groups is 1. The summed E-state index contributed by atoms with van der Waals surface area (Å²) >= 11 is 5.94. The molecule has 1 aromatic rings. The van der Waals surface area contributed by atoms with Crippen molar-refractivity contribution in [3.05, 3.63) is 28.5 Å². The lowest BCUT2D eigenvalue weighted by Crippen LogP contribution is -2.26. The van der Waals surface area contributed by atoms with Crippen molar-refractivity contribution in [3.8, 4) is 0 Å². The lowest BCUT2D eigenvalue weighted by atomic mass is 10.1. The number of esters is 1. The van der Waals surface area contributed by atoms with E-state index < -0.39 is 0 Å². The van der Waals surface area contributed by atoms with E-state index in [0.717, 1.165) is 18.5 Å². The van der Waals surface area contributed by atoms with Gasteiger partial charge in [0.1, 0.15) is 11.3 Å². The normalized spacial score (nSPS) is 16.6. The standard InChI is InChI=1S/C14H18ClNO3/c1-9(2)12-7-10(8-13(15)16-12)14(17)19-11-3-5-18-6-4-11/h7-9,11H,3-6H2,1-2H3. The molecule has 0 unspecified atom stereocenters. The topological polar surface area (TPSA) is 48.4 Å². The van der Waals surface area contributed by atoms with Gasteiger partial charge in [-0.25, -0.2) is 9.78 Å². The Labute approximate surface area is 118 Å². The molecule has 0 saturated carbocycles. The predicted octanol–water partition coefficient (Wildman–Crippen LogP) is 3.19. The summed E-state index contributed by atoms with van der Waals surface area (Å²) < 4.78 is 10.7. The van der Waals surface area contributed by atoms with Crippen molar-refractivity contribution in [1.29, 1.82) is 0 Å². The Bertz CT molecular complexity index is 456. The molecule has 2 rings (SSSR count). The van der Waals surface area contributed by atoms with Crippen molar-refractivity contribution in [3.63, 3.8) is 0 Å². The van der Waals surface area contributed by atoms with Gasteiger partial charge in [0.25, 0.3) is 0 Å². The van der Waals surface area contributed by atoms with Crippen LogP contribution in [-0.2, 0) is 9.47 Å². The second-order valence-corrected chi connectivity index (χ2v) is 5.36. The third-order valence-electron chi connectivity index (χ3n) is 3.08. The summed E-state index contributed by atoms with van der Waals surface area (Å²) in [5.74, 6) is -0.119. The predicted molar refractivity (Wildman–Crippen MR) is 72.6 cm³/mol. The molecule has 0 radical (unpaired) electrons. The van der Waals surface area contributed by atoms with Crippen molar-refractivity contribution in [2.45, 2.75) is 38.7 Å². The average Bonchev–Trinajstić information content (AvgIpc) is 2.39. The first kappa shape index (κ1) is 14.3. The Balaban J connectivity index is 2.09. The lowest BCUT2D eigenvalue weighted by molar-refractivity contribution is -0.0159. The zero-order chi connectivity index (χ0) is 13.8. The van der Waals surface area contributed by atoms with Gasteiger partial charge in [-0.2, -0.15) is 0 Å². The zero-order valence-electron chi connectivity index (χ0n) is 11.2. The molecule has 1 fully saturated rings. The first-order valence-corrected chi connectivity index (χ1v) is 6.90. The fourth-order valence-corrected chi connectivity index (χ4v) is 2.16. The van der Waals surface area contributed by atoms with Gasteiger partial charge in [0.05, 0.1) is 18.8 Å². The summed E-state index contributed by atoms with van der Waals surface area (Å²) in [7, 11) is 0. The summed E-state index contributed by atoms with van der Waals surface area (Å²) in [6.07, 6.45) is 1.44. The van der Waals surface area contributed by atoms with Crippen LogP contribution in [0.1, 0.15) is 48.7 Å². The fourth-order valence-electron chi connectivity index (χ4n) is 1.94. The van der Waals surface area contributed by atoms with E-state index in [2.05, 4.69) is 4.98 Å². The zero-order valence-corrected chi connectivity index (χ0v) is 11.9. The summed E-state index contributed by atoms with van der Waals surface area (Å²) in [6, 6.07) is 3.30. The fraction of sp³-hybridized carbons (Fsp3) is 0.571. The highest BCUT2D eigenvalue weighted by Gasteiger charge is 2.20. The number of carbonyl (C=O) groups excluding carboxylic acids is 1. The van der Waals surface area contributed by atoms with E-state index in [1.165, 1.54) is 0 Å². The second-order valence-electron chi connectivity index (χ2n) is 4.98. The molecule has 0 atom stereocenters. The molecular formula is C14H18ClNO3. The van der Waals surface area contributed by atoms with Crippen molar-refractivity contribution >= 4 is 17.6 Å². The quantitative estimate of drug-likeness (QED) is 0.631. The molecule has 19 heavy (non-hydrogen) atoms. The number of hydrogen-bond acceptors (Lipinski definition) is 4. The van der Waals surface area contributed by atoms with Crippen LogP contribution in [0.15, 0.2) is 12.1 Å². The minimum absolute atomic E-state index is 0.0595. The highest BCUT2D eigenvalue weighted by atomic mass is 35.5. The molecule has 1 saturated heterocycles. The molecule has 0 aliphatic carbocycles. The van der Waals surface area contributed by atoms with Gasteiger partial charge in [-0.3, -0.25) is 0 Å². The second kappa shape index (κ2) is 6.35. The van der Waals surface area contributed by atoms with E-state index in [4.69, 9.17) is 21.1 Å². The van der Waals surface area contributed by atoms with E-state index >= 15 is 0 Å². The van der Waals surface area contributed by atoms with Gasteiger partial charge in [-0.1, -0.05) is 25.4 Å². The summed E-state index contributed by atoms with van der Waals surface area (Å²) in [6.45, 7) is 5.30. The van der Waals surface area contributed by atoms with Gasteiger partial charge in [-0.05, 0) is 18.1 Å². The van der Waals surface area contributed by atoms with Gasteiger partial charge in [0, 0.05) is 18.5 Å². The van der Waals surface area contributed by atoms with Gasteiger partial charge in [0.2, 0.25) is 0 Å². The van der Waals surface area contributed by atoms with Crippen LogP contribution < -0.4 is 0 Å². The van der Waals surface area contributed by atoms with Gasteiger partial charge in [-0.15, -0.1) is 0 Å². The first-order valence-electron chi connectivity index (χ1n) is 6.52. The van der Waals surface area contributed by atoms with Crippen molar-refractivity contribution in [1.82, 2.24) is 4.98 Å². The van der Waals surface area contributed by atoms with Crippen molar-refractivity contribution < 1.29 is 14.3 Å². The molecular weight excluding hydrogens is 266 g/mol. The maximum Gasteiger partial charge on any atom is 0.338 e. The third kappa shape index (κ3) is 3.91. The monoisotopic (exact) mass is 283 g/mol. The smallest absolute Gasteiger partial charge is 0.338 e. The molecule has 4 nitrogen and oxygen atoms in total. The Hall–Kier alpha value is -1.13. The molecule has 1 aliphatic heterocycles. The van der Waals surface area contributed by atoms with Gasteiger partial charge in [0.15, 0.2) is 0 Å². The number of pyridine rings is 1. The molecule has 2 heterocycles. The maximum absolute atomic E-state index is 12.1. The van der Waals surface area contributed by atoms with Gasteiger partial charge < -0.3 is 9.47 Å². The van der Waals surface area contributed by atoms with E-state index in [0.29, 0.717) is 23.9 Å². The SMILES string of the molecule is CC(C)c1cc(C(=O)OC2CCOCC2)cc(Cl)n1. The van der Waals surface area contributed by atoms with Crippen LogP contribution in [0.5, 0.6) is 0 Å². The van der Waals surface area contributed by atoms with Gasteiger partial charge >= 0.3 is 5.97 Å². The largest absolute Gasteiger partial charge is 0.459 e. The number of hydrogen-bond donors (Lipinski definition) is 0. The molecule has 104 valence electrons. The molecule has 0 aromatic carbocycles. The molecule has 1 aliphatic rings. The highest BCUT2D eigenvalue weighted by Crippen LogP contribution is 2.20. The molecule has 5 heteroatoms. The molecule has 0 amide bonds. The number of rotatable bonds is 3. The Morgan fingerprint density at radius 2 is 2.11 bits per heavy atom. The van der Waals surface area contributed by atoms with E-state index in [9.17, 15) is 4.79 Å². The molecule has 0 N–H and O–H groups in total. The molecule has 0 bridgehead atoms. The van der Waals surface area contributed by atoms with E-state index in [-0.39, 0.29) is 18.0 Å². The Morgan fingerprint density at radius 1 is 1.42 bits per heavy atom. The van der Waals surface area contributed by atoms with Crippen LogP contribution in [0.4, 0.5) is 0 Å². The minimum Gasteiger partial charge on any atom is -0.459 e. The number of halogens is 1. The number of nitrogens with zero attached hydrogens (tertiary/aromatic N) is 1. The molecule has 0 spiro atoms. The average molecular weight is 284 g/mol. The Morgan fingerprint density at radius 3 is 2.74 bits per heavy atom. The van der Waals surface area contributed by atoms with Crippen LogP contribution in [0, 0.1) is 0 Å². The Kier molecular flexibility index (Phi) is 4.77. The summed E-state index contributed by atoms with van der Waals surface area (Å²) in [5, 5.41) is 0.324. The van der Waals surface area contributed by atoms with Crippen LogP contribution in [-0.4, -0.2) is 30.3 Å². The number of ether oxygens (including phenoxy) is 2. The van der Waals surface area contributed by atoms with Crippen LogP contribution in [0.2, 0.25) is 5.15 Å². The van der Waals surface area contributed by atoms with Crippen molar-refractivity contribution in [2.75, 3.05) is 13.2 Å². The van der Waals surface area contributed by atoms with Crippen molar-refractivity contribution in [2.24, 2.45) is 0 Å². The summed E-state index contributed by atoms with van der Waals surface area (Å²) in [4.78, 5) is 16.3. The minimum atomic E-state index is -0.335. The number of aromatic nitrogens is 1. The van der Waals surface area contributed by atoms with Crippen LogP contribution in [0.25, 0.3) is 0 Å². The molecule has 1 aromatic heterocycles. The van der Waals surface area contributed by atoms with Crippen LogP contribution in [0.3, 0.4) is 0 Å².